The summed E-state index contributed by atoms with van der Waals surface area (Å²) < 4.78 is 2.22. The van der Waals surface area contributed by atoms with Gasteiger partial charge in [-0.05, 0) is 31.0 Å². The van der Waals surface area contributed by atoms with Crippen molar-refractivity contribution in [2.75, 3.05) is 0 Å². The van der Waals surface area contributed by atoms with Crippen LogP contribution in [0.25, 0.3) is 22.2 Å². The Morgan fingerprint density at radius 1 is 1.04 bits per heavy atom. The van der Waals surface area contributed by atoms with E-state index in [0.29, 0.717) is 6.04 Å². The van der Waals surface area contributed by atoms with E-state index in [9.17, 15) is 0 Å². The highest BCUT2D eigenvalue weighted by molar-refractivity contribution is 6.30. The largest absolute Gasteiger partial charge is 0.264 e. The molecule has 2 heterocycles. The quantitative estimate of drug-likeness (QED) is 0.506. The molecule has 0 saturated carbocycles. The average Bonchev–Trinajstić information content (AvgIpc) is 2.99. The molecule has 0 aliphatic heterocycles. The van der Waals surface area contributed by atoms with Crippen molar-refractivity contribution < 1.29 is 0 Å². The molecule has 1 unspecified atom stereocenters. The fourth-order valence-electron chi connectivity index (χ4n) is 3.25. The second kappa shape index (κ2) is 7.80. The molecular formula is C20H24ClN3. The summed E-state index contributed by atoms with van der Waals surface area (Å²) in [6.45, 7) is 4.49. The predicted molar refractivity (Wildman–Crippen MR) is 101 cm³/mol. The van der Waals surface area contributed by atoms with E-state index in [0.717, 1.165) is 34.5 Å². The first kappa shape index (κ1) is 17.0. The Labute approximate surface area is 148 Å². The molecule has 4 heteroatoms. The zero-order valence-corrected chi connectivity index (χ0v) is 15.1. The van der Waals surface area contributed by atoms with Crippen LogP contribution in [0.1, 0.15) is 52.0 Å². The molecule has 0 spiro atoms. The van der Waals surface area contributed by atoms with E-state index in [4.69, 9.17) is 16.7 Å². The van der Waals surface area contributed by atoms with Gasteiger partial charge in [-0.15, -0.1) is 0 Å². The third-order valence-corrected chi connectivity index (χ3v) is 4.74. The van der Waals surface area contributed by atoms with E-state index in [1.807, 2.05) is 36.7 Å². The lowest BCUT2D eigenvalue weighted by atomic mass is 10.1. The van der Waals surface area contributed by atoms with Crippen molar-refractivity contribution in [2.45, 2.75) is 52.0 Å². The van der Waals surface area contributed by atoms with Crippen molar-refractivity contribution >= 4 is 22.5 Å². The topological polar surface area (TPSA) is 30.7 Å². The zero-order valence-electron chi connectivity index (χ0n) is 14.4. The van der Waals surface area contributed by atoms with Gasteiger partial charge in [0.15, 0.2) is 0 Å². The van der Waals surface area contributed by atoms with Crippen molar-refractivity contribution in [1.82, 2.24) is 14.8 Å². The monoisotopic (exact) mass is 341 g/mol. The number of benzene rings is 1. The van der Waals surface area contributed by atoms with Gasteiger partial charge in [-0.1, -0.05) is 56.8 Å². The van der Waals surface area contributed by atoms with E-state index in [1.165, 1.54) is 24.8 Å². The van der Waals surface area contributed by atoms with Gasteiger partial charge in [0.05, 0.1) is 11.6 Å². The second-order valence-electron chi connectivity index (χ2n) is 6.28. The van der Waals surface area contributed by atoms with Gasteiger partial charge in [0.2, 0.25) is 0 Å². The molecule has 1 aromatic carbocycles. The summed E-state index contributed by atoms with van der Waals surface area (Å²) in [6.07, 6.45) is 9.71. The first-order valence-corrected chi connectivity index (χ1v) is 9.20. The Kier molecular flexibility index (Phi) is 5.52. The molecule has 0 fully saturated rings. The van der Waals surface area contributed by atoms with E-state index in [2.05, 4.69) is 29.6 Å². The van der Waals surface area contributed by atoms with Crippen LogP contribution in [-0.4, -0.2) is 14.8 Å². The number of fused-ring (bicyclic) bond motifs is 1. The zero-order chi connectivity index (χ0) is 16.9. The Hall–Kier alpha value is -1.87. The second-order valence-corrected chi connectivity index (χ2v) is 6.71. The summed E-state index contributed by atoms with van der Waals surface area (Å²) in [6, 6.07) is 10.4. The first-order chi connectivity index (χ1) is 11.7. The van der Waals surface area contributed by atoms with Crippen molar-refractivity contribution in [1.29, 1.82) is 0 Å². The lowest BCUT2D eigenvalue weighted by Crippen LogP contribution is -2.10. The predicted octanol–water partition coefficient (Wildman–Crippen LogP) is 6.28. The van der Waals surface area contributed by atoms with Crippen LogP contribution in [0.2, 0.25) is 5.02 Å². The normalized spacial score (nSPS) is 12.6. The molecule has 24 heavy (non-hydrogen) atoms. The fraction of sp³-hybridized carbons (Fsp3) is 0.400. The van der Waals surface area contributed by atoms with Gasteiger partial charge in [-0.2, -0.15) is 5.10 Å². The van der Waals surface area contributed by atoms with E-state index >= 15 is 0 Å². The number of aromatic nitrogens is 3. The Balaban J connectivity index is 2.09. The minimum absolute atomic E-state index is 0.445. The van der Waals surface area contributed by atoms with Crippen LogP contribution >= 0.6 is 11.6 Å². The van der Waals surface area contributed by atoms with Crippen LogP contribution in [-0.2, 0) is 0 Å². The van der Waals surface area contributed by atoms with Crippen LogP contribution in [0, 0.1) is 0 Å². The van der Waals surface area contributed by atoms with Gasteiger partial charge in [0, 0.05) is 28.4 Å². The highest BCUT2D eigenvalue weighted by Crippen LogP contribution is 2.32. The Morgan fingerprint density at radius 3 is 2.54 bits per heavy atom. The molecule has 3 nitrogen and oxygen atoms in total. The van der Waals surface area contributed by atoms with Crippen LogP contribution in [0.15, 0.2) is 42.7 Å². The smallest absolute Gasteiger partial charge is 0.102 e. The Morgan fingerprint density at radius 2 is 1.83 bits per heavy atom. The minimum atomic E-state index is 0.445. The maximum absolute atomic E-state index is 6.03. The van der Waals surface area contributed by atoms with Gasteiger partial charge in [0.1, 0.15) is 5.69 Å². The summed E-state index contributed by atoms with van der Waals surface area (Å²) in [5.74, 6) is 0. The number of halogens is 1. The Bertz CT molecular complexity index is 792. The molecule has 3 rings (SSSR count). The van der Waals surface area contributed by atoms with E-state index < -0.39 is 0 Å². The molecule has 0 bridgehead atoms. The summed E-state index contributed by atoms with van der Waals surface area (Å²) in [4.78, 5) is 4.32. The van der Waals surface area contributed by atoms with E-state index in [1.54, 1.807) is 0 Å². The van der Waals surface area contributed by atoms with Crippen molar-refractivity contribution in [3.8, 4) is 11.3 Å². The minimum Gasteiger partial charge on any atom is -0.264 e. The van der Waals surface area contributed by atoms with Gasteiger partial charge in [-0.3, -0.25) is 9.67 Å². The highest BCUT2D eigenvalue weighted by atomic mass is 35.5. The average molecular weight is 342 g/mol. The lowest BCUT2D eigenvalue weighted by Gasteiger charge is -2.17. The van der Waals surface area contributed by atoms with Crippen LogP contribution < -0.4 is 0 Å². The van der Waals surface area contributed by atoms with E-state index in [-0.39, 0.29) is 0 Å². The van der Waals surface area contributed by atoms with Crippen LogP contribution in [0.3, 0.4) is 0 Å². The standard InChI is InChI=1S/C20H24ClN3/c1-3-5-7-17(6-4-2)24-19-12-13-22-14-18(19)20(23-24)15-8-10-16(21)11-9-15/h8-14,17H,3-7H2,1-2H3. The molecule has 0 aliphatic rings. The molecule has 3 aromatic rings. The molecule has 0 radical (unpaired) electrons. The molecule has 0 N–H and O–H groups in total. The van der Waals surface area contributed by atoms with Crippen LogP contribution in [0.5, 0.6) is 0 Å². The summed E-state index contributed by atoms with van der Waals surface area (Å²) >= 11 is 6.03. The number of unbranched alkanes of at least 4 members (excludes halogenated alkanes) is 1. The molecular weight excluding hydrogens is 318 g/mol. The van der Waals surface area contributed by atoms with Gasteiger partial charge in [0.25, 0.3) is 0 Å². The van der Waals surface area contributed by atoms with Crippen molar-refractivity contribution in [3.63, 3.8) is 0 Å². The summed E-state index contributed by atoms with van der Waals surface area (Å²) in [7, 11) is 0. The van der Waals surface area contributed by atoms with Crippen molar-refractivity contribution in [2.24, 2.45) is 0 Å². The molecule has 0 saturated heterocycles. The number of hydrogen-bond donors (Lipinski definition) is 0. The molecule has 0 aliphatic carbocycles. The highest BCUT2D eigenvalue weighted by Gasteiger charge is 2.18. The fourth-order valence-corrected chi connectivity index (χ4v) is 3.37. The molecule has 0 amide bonds. The number of hydrogen-bond acceptors (Lipinski definition) is 2. The van der Waals surface area contributed by atoms with Crippen LogP contribution in [0.4, 0.5) is 0 Å². The van der Waals surface area contributed by atoms with Gasteiger partial charge in [-0.25, -0.2) is 0 Å². The lowest BCUT2D eigenvalue weighted by molar-refractivity contribution is 0.395. The summed E-state index contributed by atoms with van der Waals surface area (Å²) in [5.41, 5.74) is 3.25. The van der Waals surface area contributed by atoms with Crippen molar-refractivity contribution in [3.05, 3.63) is 47.7 Å². The van der Waals surface area contributed by atoms with Gasteiger partial charge >= 0.3 is 0 Å². The molecule has 1 atom stereocenters. The third kappa shape index (κ3) is 3.46. The number of pyridine rings is 1. The maximum atomic E-state index is 6.03. The van der Waals surface area contributed by atoms with Gasteiger partial charge < -0.3 is 0 Å². The first-order valence-electron chi connectivity index (χ1n) is 8.82. The summed E-state index contributed by atoms with van der Waals surface area (Å²) in [5, 5.41) is 6.85. The SMILES string of the molecule is CCCCC(CCC)n1nc(-c2ccc(Cl)cc2)c2cnccc21. The number of nitrogens with zero attached hydrogens (tertiary/aromatic N) is 3. The third-order valence-electron chi connectivity index (χ3n) is 4.48. The molecule has 126 valence electrons. The maximum Gasteiger partial charge on any atom is 0.102 e. The molecule has 2 aromatic heterocycles. The number of rotatable bonds is 7.